The topological polar surface area (TPSA) is 91.6 Å². The van der Waals surface area contributed by atoms with Gasteiger partial charge in [-0.15, -0.1) is 11.3 Å². The first-order valence-corrected chi connectivity index (χ1v) is 7.98. The van der Waals surface area contributed by atoms with Crippen molar-refractivity contribution in [3.8, 4) is 11.5 Å². The maximum atomic E-state index is 14.0. The number of thiophene rings is 1. The number of hydrogen-bond acceptors (Lipinski definition) is 7. The Bertz CT molecular complexity index is 972. The molecule has 2 heterocycles. The highest BCUT2D eigenvalue weighted by Crippen LogP contribution is 2.36. The third-order valence-corrected chi connectivity index (χ3v) is 4.32. The number of nitrogens with zero attached hydrogens (tertiary/aromatic N) is 2. The van der Waals surface area contributed by atoms with Crippen LogP contribution in [0.5, 0.6) is 11.5 Å². The fourth-order valence-electron chi connectivity index (χ4n) is 2.10. The number of rotatable bonds is 5. The fraction of sp³-hybridized carbons (Fsp3) is 0.125. The summed E-state index contributed by atoms with van der Waals surface area (Å²) in [6.07, 6.45) is 1.46. The van der Waals surface area contributed by atoms with E-state index in [1.165, 1.54) is 18.3 Å². The molecule has 0 saturated carbocycles. The maximum absolute atomic E-state index is 14.0. The maximum Gasteiger partial charge on any atom is 0.348 e. The van der Waals surface area contributed by atoms with Crippen molar-refractivity contribution in [2.45, 2.75) is 6.92 Å². The lowest BCUT2D eigenvalue weighted by Gasteiger charge is -2.07. The Morgan fingerprint density at radius 2 is 2.12 bits per heavy atom. The fourth-order valence-corrected chi connectivity index (χ4v) is 3.06. The van der Waals surface area contributed by atoms with Gasteiger partial charge in [-0.1, -0.05) is 0 Å². The highest BCUT2D eigenvalue weighted by atomic mass is 32.1. The van der Waals surface area contributed by atoms with Crippen LogP contribution in [-0.2, 0) is 4.74 Å². The molecule has 9 heteroatoms. The molecule has 0 radical (unpaired) electrons. The van der Waals surface area contributed by atoms with Crippen molar-refractivity contribution in [1.29, 1.82) is 0 Å². The predicted molar refractivity (Wildman–Crippen MR) is 88.7 cm³/mol. The van der Waals surface area contributed by atoms with Crippen LogP contribution in [0.1, 0.15) is 16.6 Å². The zero-order valence-electron chi connectivity index (χ0n) is 12.9. The molecule has 1 aromatic carbocycles. The number of aromatic nitrogens is 1. The van der Waals surface area contributed by atoms with Crippen molar-refractivity contribution in [3.63, 3.8) is 0 Å². The average molecular weight is 362 g/mol. The molecule has 0 bridgehead atoms. The molecule has 3 aromatic rings. The summed E-state index contributed by atoms with van der Waals surface area (Å²) in [6, 6.07) is 6.20. The van der Waals surface area contributed by atoms with E-state index in [1.807, 2.05) is 0 Å². The second kappa shape index (κ2) is 6.81. The number of halogens is 1. The number of esters is 1. The molecule has 0 atom stereocenters. The Morgan fingerprint density at radius 3 is 2.80 bits per heavy atom. The van der Waals surface area contributed by atoms with E-state index < -0.39 is 16.7 Å². The van der Waals surface area contributed by atoms with Gasteiger partial charge in [-0.2, -0.15) is 0 Å². The van der Waals surface area contributed by atoms with Gasteiger partial charge in [0.25, 0.3) is 5.69 Å². The number of hydrogen-bond donors (Lipinski definition) is 0. The van der Waals surface area contributed by atoms with E-state index in [0.717, 1.165) is 23.5 Å². The minimum Gasteiger partial charge on any atom is -0.462 e. The summed E-state index contributed by atoms with van der Waals surface area (Å²) in [6.45, 7) is 1.95. The molecule has 0 amide bonds. The number of benzene rings is 1. The first-order chi connectivity index (χ1) is 12.0. The van der Waals surface area contributed by atoms with Crippen molar-refractivity contribution in [2.75, 3.05) is 6.61 Å². The molecule has 0 saturated heterocycles. The number of pyridine rings is 1. The van der Waals surface area contributed by atoms with Gasteiger partial charge in [0.15, 0.2) is 11.6 Å². The highest BCUT2D eigenvalue weighted by molar-refractivity contribution is 7.21. The largest absolute Gasteiger partial charge is 0.462 e. The van der Waals surface area contributed by atoms with Crippen molar-refractivity contribution in [1.82, 2.24) is 4.98 Å². The number of non-ortho nitro benzene ring substituents is 1. The molecular weight excluding hydrogens is 351 g/mol. The second-order valence-electron chi connectivity index (χ2n) is 4.83. The third kappa shape index (κ3) is 3.41. The van der Waals surface area contributed by atoms with Crippen LogP contribution >= 0.6 is 11.3 Å². The van der Waals surface area contributed by atoms with E-state index in [9.17, 15) is 19.3 Å². The van der Waals surface area contributed by atoms with Gasteiger partial charge in [-0.05, 0) is 19.1 Å². The van der Waals surface area contributed by atoms with Crippen LogP contribution in [-0.4, -0.2) is 22.5 Å². The Balaban J connectivity index is 1.96. The molecule has 2 aromatic heterocycles. The molecule has 0 aliphatic carbocycles. The van der Waals surface area contributed by atoms with Gasteiger partial charge in [-0.3, -0.25) is 15.1 Å². The van der Waals surface area contributed by atoms with Crippen molar-refractivity contribution in [2.24, 2.45) is 0 Å². The summed E-state index contributed by atoms with van der Waals surface area (Å²) in [5, 5.41) is 10.7. The molecule has 0 N–H and O–H groups in total. The molecule has 0 fully saturated rings. The summed E-state index contributed by atoms with van der Waals surface area (Å²) in [5.74, 6) is -1.21. The number of nitro groups is 1. The van der Waals surface area contributed by atoms with E-state index in [1.54, 1.807) is 13.0 Å². The number of fused-ring (bicyclic) bond motifs is 1. The molecule has 0 unspecified atom stereocenters. The first-order valence-electron chi connectivity index (χ1n) is 7.17. The van der Waals surface area contributed by atoms with E-state index >= 15 is 0 Å². The van der Waals surface area contributed by atoms with Crippen LogP contribution in [0.2, 0.25) is 0 Å². The van der Waals surface area contributed by atoms with Crippen LogP contribution in [0, 0.1) is 15.9 Å². The van der Waals surface area contributed by atoms with Crippen LogP contribution in [0.4, 0.5) is 10.1 Å². The lowest BCUT2D eigenvalue weighted by Crippen LogP contribution is -2.01. The van der Waals surface area contributed by atoms with E-state index in [-0.39, 0.29) is 18.0 Å². The molecule has 128 valence electrons. The number of carbonyl (C=O) groups excluding carboxylic acids is 1. The monoisotopic (exact) mass is 362 g/mol. The Labute approximate surface area is 144 Å². The van der Waals surface area contributed by atoms with Crippen LogP contribution in [0.25, 0.3) is 10.2 Å². The smallest absolute Gasteiger partial charge is 0.348 e. The lowest BCUT2D eigenvalue weighted by atomic mass is 10.3. The highest BCUT2D eigenvalue weighted by Gasteiger charge is 2.17. The zero-order chi connectivity index (χ0) is 18.0. The van der Waals surface area contributed by atoms with E-state index in [0.29, 0.717) is 20.8 Å². The predicted octanol–water partition coefficient (Wildman–Crippen LogP) is 4.31. The van der Waals surface area contributed by atoms with Gasteiger partial charge < -0.3 is 9.47 Å². The molecule has 0 aliphatic heterocycles. The van der Waals surface area contributed by atoms with Gasteiger partial charge in [0, 0.05) is 18.3 Å². The summed E-state index contributed by atoms with van der Waals surface area (Å²) in [5.41, 5.74) is 0.137. The minimum absolute atomic E-state index is 0.163. The molecule has 0 spiro atoms. The Kier molecular flexibility index (Phi) is 4.57. The minimum atomic E-state index is -0.860. The van der Waals surface area contributed by atoms with Crippen molar-refractivity contribution >= 4 is 33.2 Å². The average Bonchev–Trinajstić information content (AvgIpc) is 3.02. The number of carbonyl (C=O) groups is 1. The Morgan fingerprint density at radius 1 is 1.32 bits per heavy atom. The molecule has 25 heavy (non-hydrogen) atoms. The lowest BCUT2D eigenvalue weighted by molar-refractivity contribution is -0.385. The Hall–Kier alpha value is -3.07. The molecule has 7 nitrogen and oxygen atoms in total. The van der Waals surface area contributed by atoms with Crippen molar-refractivity contribution < 1.29 is 23.6 Å². The number of nitro benzene ring substituents is 1. The number of ether oxygens (including phenoxy) is 2. The summed E-state index contributed by atoms with van der Waals surface area (Å²) in [4.78, 5) is 26.3. The van der Waals surface area contributed by atoms with Crippen LogP contribution < -0.4 is 4.74 Å². The third-order valence-electron chi connectivity index (χ3n) is 3.20. The van der Waals surface area contributed by atoms with Gasteiger partial charge in [0.05, 0.1) is 27.8 Å². The molecule has 3 rings (SSSR count). The normalized spacial score (nSPS) is 10.6. The zero-order valence-corrected chi connectivity index (χ0v) is 13.7. The standard InChI is InChI=1S/C16H11FN2O5S/c1-2-23-16(20)14-8-11-15(25-14)13(5-6-18-11)24-12-4-3-9(19(21)22)7-10(12)17/h3-8H,2H2,1H3. The second-order valence-corrected chi connectivity index (χ2v) is 5.88. The summed E-state index contributed by atoms with van der Waals surface area (Å²) < 4.78 is 25.0. The first kappa shape index (κ1) is 16.8. The van der Waals surface area contributed by atoms with Crippen LogP contribution in [0.15, 0.2) is 36.5 Å². The van der Waals surface area contributed by atoms with Gasteiger partial charge in [0.1, 0.15) is 10.6 Å². The van der Waals surface area contributed by atoms with Crippen LogP contribution in [0.3, 0.4) is 0 Å². The van der Waals surface area contributed by atoms with Gasteiger partial charge >= 0.3 is 5.97 Å². The molecular formula is C16H11FN2O5S. The van der Waals surface area contributed by atoms with Gasteiger partial charge in [0.2, 0.25) is 0 Å². The van der Waals surface area contributed by atoms with E-state index in [4.69, 9.17) is 9.47 Å². The van der Waals surface area contributed by atoms with Crippen molar-refractivity contribution in [3.05, 3.63) is 57.3 Å². The summed E-state index contributed by atoms with van der Waals surface area (Å²) in [7, 11) is 0. The quantitative estimate of drug-likeness (QED) is 0.381. The SMILES string of the molecule is CCOC(=O)c1cc2nccc(Oc3ccc([N+](=O)[O-])cc3F)c2s1. The van der Waals surface area contributed by atoms with E-state index in [2.05, 4.69) is 4.98 Å². The summed E-state index contributed by atoms with van der Waals surface area (Å²) >= 11 is 1.11. The molecule has 0 aliphatic rings. The van der Waals surface area contributed by atoms with Gasteiger partial charge in [-0.25, -0.2) is 9.18 Å².